The van der Waals surface area contributed by atoms with Gasteiger partial charge in [-0.05, 0) is 64.6 Å². The van der Waals surface area contributed by atoms with Crippen LogP contribution in [0.5, 0.6) is 0 Å². The number of hydrogen-bond acceptors (Lipinski definition) is 3. The number of halogens is 1. The van der Waals surface area contributed by atoms with Crippen molar-refractivity contribution in [3.63, 3.8) is 0 Å². The van der Waals surface area contributed by atoms with Gasteiger partial charge in [-0.3, -0.25) is 14.6 Å². The van der Waals surface area contributed by atoms with E-state index in [1.54, 1.807) is 24.5 Å². The number of carbonyl (C=O) groups excluding carboxylic acids is 2. The number of pyridine rings is 1. The van der Waals surface area contributed by atoms with Gasteiger partial charge in [-0.15, -0.1) is 0 Å². The van der Waals surface area contributed by atoms with Gasteiger partial charge in [0.15, 0.2) is 0 Å². The normalized spacial score (nSPS) is 10.0. The highest BCUT2D eigenvalue weighted by atomic mass is 127. The summed E-state index contributed by atoms with van der Waals surface area (Å²) in [5.41, 5.74) is 1.59. The van der Waals surface area contributed by atoms with E-state index in [9.17, 15) is 9.59 Å². The van der Waals surface area contributed by atoms with Crippen molar-refractivity contribution in [2.75, 3.05) is 6.54 Å². The third kappa shape index (κ3) is 5.44. The van der Waals surface area contributed by atoms with Gasteiger partial charge in [-0.1, -0.05) is 0 Å². The maximum absolute atomic E-state index is 11.9. The molecule has 0 atom stereocenters. The summed E-state index contributed by atoms with van der Waals surface area (Å²) in [5.74, 6) is -0.266. The standard InChI is InChI=1S/C16H16IN3O2/c17-14-3-1-13(2-4-14)16(22)19-10-7-15(21)20-11-12-5-8-18-9-6-12/h1-6,8-9H,7,10-11H2,(H,19,22)(H,20,21). The highest BCUT2D eigenvalue weighted by Crippen LogP contribution is 2.06. The van der Waals surface area contributed by atoms with Crippen LogP contribution in [-0.2, 0) is 11.3 Å². The Kier molecular flexibility index (Phi) is 6.32. The van der Waals surface area contributed by atoms with E-state index in [-0.39, 0.29) is 18.2 Å². The Hall–Kier alpha value is -1.96. The summed E-state index contributed by atoms with van der Waals surface area (Å²) >= 11 is 2.18. The molecule has 0 aliphatic rings. The molecule has 0 aliphatic heterocycles. The van der Waals surface area contributed by atoms with Gasteiger partial charge in [0.25, 0.3) is 5.91 Å². The third-order valence-electron chi connectivity index (χ3n) is 2.98. The summed E-state index contributed by atoms with van der Waals surface area (Å²) in [6.45, 7) is 0.777. The molecule has 0 radical (unpaired) electrons. The number of carbonyl (C=O) groups is 2. The van der Waals surface area contributed by atoms with Gasteiger partial charge >= 0.3 is 0 Å². The van der Waals surface area contributed by atoms with Crippen LogP contribution in [0.25, 0.3) is 0 Å². The van der Waals surface area contributed by atoms with Crippen molar-refractivity contribution in [3.05, 3.63) is 63.5 Å². The molecular weight excluding hydrogens is 393 g/mol. The molecule has 22 heavy (non-hydrogen) atoms. The Morgan fingerprint density at radius 1 is 1.00 bits per heavy atom. The molecule has 114 valence electrons. The van der Waals surface area contributed by atoms with Crippen LogP contribution in [0.15, 0.2) is 48.8 Å². The van der Waals surface area contributed by atoms with Gasteiger partial charge < -0.3 is 10.6 Å². The minimum Gasteiger partial charge on any atom is -0.352 e. The molecule has 2 amide bonds. The zero-order valence-corrected chi connectivity index (χ0v) is 14.0. The minimum absolute atomic E-state index is 0.0975. The number of benzene rings is 1. The molecule has 0 saturated carbocycles. The lowest BCUT2D eigenvalue weighted by Crippen LogP contribution is -2.30. The average Bonchev–Trinajstić information content (AvgIpc) is 2.54. The zero-order chi connectivity index (χ0) is 15.8. The molecule has 0 saturated heterocycles. The van der Waals surface area contributed by atoms with Crippen molar-refractivity contribution in [3.8, 4) is 0 Å². The maximum Gasteiger partial charge on any atom is 0.251 e. The highest BCUT2D eigenvalue weighted by molar-refractivity contribution is 14.1. The number of amides is 2. The van der Waals surface area contributed by atoms with Crippen LogP contribution in [-0.4, -0.2) is 23.3 Å². The van der Waals surface area contributed by atoms with E-state index in [1.807, 2.05) is 24.3 Å². The largest absolute Gasteiger partial charge is 0.352 e. The first-order chi connectivity index (χ1) is 10.6. The molecular formula is C16H16IN3O2. The van der Waals surface area contributed by atoms with E-state index < -0.39 is 0 Å². The van der Waals surface area contributed by atoms with Gasteiger partial charge in [-0.2, -0.15) is 0 Å². The summed E-state index contributed by atoms with van der Waals surface area (Å²) < 4.78 is 1.07. The van der Waals surface area contributed by atoms with Crippen LogP contribution >= 0.6 is 22.6 Å². The van der Waals surface area contributed by atoms with E-state index in [1.165, 1.54) is 0 Å². The number of nitrogens with one attached hydrogen (secondary N) is 2. The second-order valence-corrected chi connectivity index (χ2v) is 5.89. The first-order valence-electron chi connectivity index (χ1n) is 6.84. The van der Waals surface area contributed by atoms with Crippen LogP contribution in [0.1, 0.15) is 22.3 Å². The molecule has 2 rings (SSSR count). The molecule has 0 fully saturated rings. The smallest absolute Gasteiger partial charge is 0.251 e. The van der Waals surface area contributed by atoms with E-state index in [0.717, 1.165) is 9.13 Å². The van der Waals surface area contributed by atoms with Gasteiger partial charge in [0.2, 0.25) is 5.91 Å². The molecule has 5 nitrogen and oxygen atoms in total. The first kappa shape index (κ1) is 16.4. The summed E-state index contributed by atoms with van der Waals surface area (Å²) in [7, 11) is 0. The van der Waals surface area contributed by atoms with Crippen molar-refractivity contribution >= 4 is 34.4 Å². The molecule has 0 unspecified atom stereocenters. The summed E-state index contributed by atoms with van der Waals surface area (Å²) in [6, 6.07) is 11.0. The van der Waals surface area contributed by atoms with Crippen molar-refractivity contribution in [1.29, 1.82) is 0 Å². The van der Waals surface area contributed by atoms with Crippen molar-refractivity contribution < 1.29 is 9.59 Å². The van der Waals surface area contributed by atoms with E-state index in [0.29, 0.717) is 18.7 Å². The van der Waals surface area contributed by atoms with Crippen molar-refractivity contribution in [2.45, 2.75) is 13.0 Å². The quantitative estimate of drug-likeness (QED) is 0.719. The Bertz CT molecular complexity index is 630. The van der Waals surface area contributed by atoms with Gasteiger partial charge in [0.1, 0.15) is 0 Å². The predicted molar refractivity (Wildman–Crippen MR) is 92.2 cm³/mol. The molecule has 0 spiro atoms. The SMILES string of the molecule is O=C(CCNC(=O)c1ccc(I)cc1)NCc1ccncc1. The molecule has 0 aliphatic carbocycles. The molecule has 0 bridgehead atoms. The van der Waals surface area contributed by atoms with Crippen LogP contribution in [0.4, 0.5) is 0 Å². The number of aromatic nitrogens is 1. The molecule has 1 aromatic heterocycles. The van der Waals surface area contributed by atoms with Gasteiger partial charge in [0.05, 0.1) is 0 Å². The van der Waals surface area contributed by atoms with E-state index >= 15 is 0 Å². The number of rotatable bonds is 6. The van der Waals surface area contributed by atoms with Crippen molar-refractivity contribution in [2.24, 2.45) is 0 Å². The van der Waals surface area contributed by atoms with Gasteiger partial charge in [-0.25, -0.2) is 0 Å². The Morgan fingerprint density at radius 3 is 2.36 bits per heavy atom. The van der Waals surface area contributed by atoms with Crippen LogP contribution in [0, 0.1) is 3.57 Å². The third-order valence-corrected chi connectivity index (χ3v) is 3.70. The fourth-order valence-corrected chi connectivity index (χ4v) is 2.14. The fraction of sp³-hybridized carbons (Fsp3) is 0.188. The maximum atomic E-state index is 11.9. The second-order valence-electron chi connectivity index (χ2n) is 4.64. The van der Waals surface area contributed by atoms with Crippen LogP contribution in [0.3, 0.4) is 0 Å². The topological polar surface area (TPSA) is 71.1 Å². The molecule has 1 heterocycles. The van der Waals surface area contributed by atoms with Crippen molar-refractivity contribution in [1.82, 2.24) is 15.6 Å². The zero-order valence-electron chi connectivity index (χ0n) is 11.9. The number of nitrogens with zero attached hydrogens (tertiary/aromatic N) is 1. The predicted octanol–water partition coefficient (Wildman–Crippen LogP) is 2.12. The Balaban J connectivity index is 1.68. The number of hydrogen-bond donors (Lipinski definition) is 2. The minimum atomic E-state index is -0.168. The molecule has 2 aromatic rings. The lowest BCUT2D eigenvalue weighted by atomic mass is 10.2. The lowest BCUT2D eigenvalue weighted by molar-refractivity contribution is -0.121. The first-order valence-corrected chi connectivity index (χ1v) is 7.92. The van der Waals surface area contributed by atoms with Gasteiger partial charge in [0, 0.05) is 41.0 Å². The molecule has 1 aromatic carbocycles. The fourth-order valence-electron chi connectivity index (χ4n) is 1.78. The summed E-state index contributed by atoms with van der Waals surface area (Å²) in [4.78, 5) is 27.5. The molecule has 6 heteroatoms. The van der Waals surface area contributed by atoms with E-state index in [4.69, 9.17) is 0 Å². The lowest BCUT2D eigenvalue weighted by Gasteiger charge is -2.07. The molecule has 2 N–H and O–H groups in total. The highest BCUT2D eigenvalue weighted by Gasteiger charge is 2.06. The Labute approximate surface area is 142 Å². The Morgan fingerprint density at radius 2 is 1.68 bits per heavy atom. The second kappa shape index (κ2) is 8.47. The van der Waals surface area contributed by atoms with E-state index in [2.05, 4.69) is 38.2 Å². The summed E-state index contributed by atoms with van der Waals surface area (Å²) in [6.07, 6.45) is 3.62. The summed E-state index contributed by atoms with van der Waals surface area (Å²) in [5, 5.41) is 5.54. The monoisotopic (exact) mass is 409 g/mol. The average molecular weight is 409 g/mol. The van der Waals surface area contributed by atoms with Crippen LogP contribution < -0.4 is 10.6 Å². The van der Waals surface area contributed by atoms with Crippen LogP contribution in [0.2, 0.25) is 0 Å².